The summed E-state index contributed by atoms with van der Waals surface area (Å²) in [5.41, 5.74) is 7.98. The van der Waals surface area contributed by atoms with E-state index in [-0.39, 0.29) is 0 Å². The number of nitrogens with zero attached hydrogens (tertiary/aromatic N) is 1. The molecule has 2 aliphatic rings. The average Bonchev–Trinajstić information content (AvgIpc) is 2.83. The molecule has 2 atom stereocenters. The molecule has 1 saturated carbocycles. The standard InChI is InChI=1S/C16H22N2S/c17-16(19)14-7-5-12(6-8-14)11-18-10-9-13-3-1-2-4-15(13)18/h5-8,13,15H,1-4,9-11H2,(H2,17,19). The molecule has 1 aromatic carbocycles. The number of thiocarbonyl (C=S) groups is 1. The third-order valence-corrected chi connectivity index (χ3v) is 4.98. The van der Waals surface area contributed by atoms with Crippen LogP contribution in [0.15, 0.2) is 24.3 Å². The van der Waals surface area contributed by atoms with Crippen LogP contribution in [-0.4, -0.2) is 22.5 Å². The fourth-order valence-corrected chi connectivity index (χ4v) is 3.84. The monoisotopic (exact) mass is 274 g/mol. The molecule has 1 aliphatic heterocycles. The van der Waals surface area contributed by atoms with E-state index >= 15 is 0 Å². The maximum absolute atomic E-state index is 5.64. The molecule has 2 unspecified atom stereocenters. The Bertz CT molecular complexity index is 454. The fourth-order valence-electron chi connectivity index (χ4n) is 3.71. The molecule has 0 radical (unpaired) electrons. The number of nitrogens with two attached hydrogens (primary N) is 1. The minimum absolute atomic E-state index is 0.486. The lowest BCUT2D eigenvalue weighted by Gasteiger charge is -2.31. The van der Waals surface area contributed by atoms with Crippen LogP contribution in [0.25, 0.3) is 0 Å². The lowest BCUT2D eigenvalue weighted by Crippen LogP contribution is -2.34. The lowest BCUT2D eigenvalue weighted by molar-refractivity contribution is 0.176. The van der Waals surface area contributed by atoms with E-state index in [4.69, 9.17) is 18.0 Å². The van der Waals surface area contributed by atoms with Crippen LogP contribution in [0.2, 0.25) is 0 Å². The highest BCUT2D eigenvalue weighted by Crippen LogP contribution is 2.36. The average molecular weight is 274 g/mol. The molecular weight excluding hydrogens is 252 g/mol. The normalized spacial score (nSPS) is 27.2. The van der Waals surface area contributed by atoms with Gasteiger partial charge in [-0.2, -0.15) is 0 Å². The Kier molecular flexibility index (Phi) is 3.85. The second kappa shape index (κ2) is 5.59. The highest BCUT2D eigenvalue weighted by molar-refractivity contribution is 7.80. The first-order valence-electron chi connectivity index (χ1n) is 7.37. The third-order valence-electron chi connectivity index (χ3n) is 4.75. The quantitative estimate of drug-likeness (QED) is 0.859. The van der Waals surface area contributed by atoms with Crippen molar-refractivity contribution in [3.05, 3.63) is 35.4 Å². The van der Waals surface area contributed by atoms with Crippen molar-refractivity contribution in [1.29, 1.82) is 0 Å². The first kappa shape index (κ1) is 13.1. The molecule has 1 heterocycles. The molecule has 0 aromatic heterocycles. The Morgan fingerprint density at radius 2 is 1.89 bits per heavy atom. The summed E-state index contributed by atoms with van der Waals surface area (Å²) >= 11 is 4.99. The molecule has 0 amide bonds. The minimum atomic E-state index is 0.486. The third kappa shape index (κ3) is 2.82. The van der Waals surface area contributed by atoms with Gasteiger partial charge in [0.1, 0.15) is 4.99 Å². The SMILES string of the molecule is NC(=S)c1ccc(CN2CCC3CCCCC32)cc1. The maximum atomic E-state index is 5.64. The van der Waals surface area contributed by atoms with Gasteiger partial charge in [-0.05, 0) is 37.3 Å². The van der Waals surface area contributed by atoms with E-state index in [0.717, 1.165) is 24.1 Å². The van der Waals surface area contributed by atoms with Gasteiger partial charge in [-0.15, -0.1) is 0 Å². The number of rotatable bonds is 3. The van der Waals surface area contributed by atoms with E-state index in [1.165, 1.54) is 44.2 Å². The van der Waals surface area contributed by atoms with Gasteiger partial charge < -0.3 is 5.73 Å². The van der Waals surface area contributed by atoms with Gasteiger partial charge in [0, 0.05) is 18.2 Å². The van der Waals surface area contributed by atoms with Gasteiger partial charge in [0.25, 0.3) is 0 Å². The number of fused-ring (bicyclic) bond motifs is 1. The Hall–Kier alpha value is -0.930. The van der Waals surface area contributed by atoms with Crippen molar-refractivity contribution in [3.8, 4) is 0 Å². The van der Waals surface area contributed by atoms with Crippen LogP contribution in [-0.2, 0) is 6.54 Å². The largest absolute Gasteiger partial charge is 0.389 e. The van der Waals surface area contributed by atoms with Crippen LogP contribution in [0.3, 0.4) is 0 Å². The van der Waals surface area contributed by atoms with E-state index in [2.05, 4.69) is 17.0 Å². The van der Waals surface area contributed by atoms with Crippen molar-refractivity contribution in [2.24, 2.45) is 11.7 Å². The summed E-state index contributed by atoms with van der Waals surface area (Å²) in [6, 6.07) is 9.28. The van der Waals surface area contributed by atoms with Crippen molar-refractivity contribution in [1.82, 2.24) is 4.90 Å². The zero-order valence-electron chi connectivity index (χ0n) is 11.3. The molecule has 1 saturated heterocycles. The zero-order chi connectivity index (χ0) is 13.2. The number of hydrogen-bond acceptors (Lipinski definition) is 2. The van der Waals surface area contributed by atoms with Crippen LogP contribution in [0.1, 0.15) is 43.2 Å². The summed E-state index contributed by atoms with van der Waals surface area (Å²) in [5, 5.41) is 0. The first-order valence-corrected chi connectivity index (χ1v) is 7.77. The van der Waals surface area contributed by atoms with Gasteiger partial charge in [-0.3, -0.25) is 4.90 Å². The van der Waals surface area contributed by atoms with Crippen molar-refractivity contribution in [3.63, 3.8) is 0 Å². The summed E-state index contributed by atoms with van der Waals surface area (Å²) in [4.78, 5) is 3.17. The van der Waals surface area contributed by atoms with Crippen molar-refractivity contribution >= 4 is 17.2 Å². The Morgan fingerprint density at radius 3 is 2.63 bits per heavy atom. The molecule has 0 spiro atoms. The number of benzene rings is 1. The van der Waals surface area contributed by atoms with Crippen LogP contribution in [0.4, 0.5) is 0 Å². The molecule has 2 fully saturated rings. The summed E-state index contributed by atoms with van der Waals surface area (Å²) in [6.07, 6.45) is 7.10. The highest BCUT2D eigenvalue weighted by atomic mass is 32.1. The van der Waals surface area contributed by atoms with Gasteiger partial charge in [0.15, 0.2) is 0 Å². The van der Waals surface area contributed by atoms with Gasteiger partial charge in [-0.1, -0.05) is 49.3 Å². The second-order valence-electron chi connectivity index (χ2n) is 5.93. The summed E-state index contributed by atoms with van der Waals surface area (Å²) in [7, 11) is 0. The number of hydrogen-bond donors (Lipinski definition) is 1. The van der Waals surface area contributed by atoms with E-state index in [1.54, 1.807) is 0 Å². The molecular formula is C16H22N2S. The Labute approximate surface area is 121 Å². The van der Waals surface area contributed by atoms with Crippen LogP contribution >= 0.6 is 12.2 Å². The van der Waals surface area contributed by atoms with Crippen molar-refractivity contribution in [2.45, 2.75) is 44.7 Å². The smallest absolute Gasteiger partial charge is 0.103 e. The summed E-state index contributed by atoms with van der Waals surface area (Å²) in [5.74, 6) is 0.963. The zero-order valence-corrected chi connectivity index (χ0v) is 12.2. The number of likely N-dealkylation sites (tertiary alicyclic amines) is 1. The lowest BCUT2D eigenvalue weighted by atomic mass is 9.85. The fraction of sp³-hybridized carbons (Fsp3) is 0.562. The molecule has 2 nitrogen and oxygen atoms in total. The summed E-state index contributed by atoms with van der Waals surface area (Å²) < 4.78 is 0. The molecule has 2 N–H and O–H groups in total. The Morgan fingerprint density at radius 1 is 1.16 bits per heavy atom. The maximum Gasteiger partial charge on any atom is 0.103 e. The van der Waals surface area contributed by atoms with Gasteiger partial charge >= 0.3 is 0 Å². The van der Waals surface area contributed by atoms with Gasteiger partial charge in [0.2, 0.25) is 0 Å². The molecule has 1 aliphatic carbocycles. The molecule has 1 aromatic rings. The van der Waals surface area contributed by atoms with Gasteiger partial charge in [-0.25, -0.2) is 0 Å². The van der Waals surface area contributed by atoms with E-state index in [0.29, 0.717) is 4.99 Å². The minimum Gasteiger partial charge on any atom is -0.389 e. The van der Waals surface area contributed by atoms with Crippen molar-refractivity contribution < 1.29 is 0 Å². The topological polar surface area (TPSA) is 29.3 Å². The Balaban J connectivity index is 1.66. The van der Waals surface area contributed by atoms with E-state index < -0.39 is 0 Å². The predicted molar refractivity (Wildman–Crippen MR) is 83.1 cm³/mol. The summed E-state index contributed by atoms with van der Waals surface area (Å²) in [6.45, 7) is 2.35. The van der Waals surface area contributed by atoms with E-state index in [9.17, 15) is 0 Å². The molecule has 3 rings (SSSR count). The molecule has 3 heteroatoms. The van der Waals surface area contributed by atoms with Crippen molar-refractivity contribution in [2.75, 3.05) is 6.54 Å². The van der Waals surface area contributed by atoms with Crippen LogP contribution < -0.4 is 5.73 Å². The second-order valence-corrected chi connectivity index (χ2v) is 6.37. The van der Waals surface area contributed by atoms with Crippen LogP contribution in [0.5, 0.6) is 0 Å². The van der Waals surface area contributed by atoms with Gasteiger partial charge in [0.05, 0.1) is 0 Å². The predicted octanol–water partition coefficient (Wildman–Crippen LogP) is 3.09. The molecule has 102 valence electrons. The van der Waals surface area contributed by atoms with E-state index in [1.807, 2.05) is 12.1 Å². The first-order chi connectivity index (χ1) is 9.24. The highest BCUT2D eigenvalue weighted by Gasteiger charge is 2.35. The van der Waals surface area contributed by atoms with Crippen LogP contribution in [0, 0.1) is 5.92 Å². The molecule has 19 heavy (non-hydrogen) atoms. The molecule has 0 bridgehead atoms.